The molecule has 0 radical (unpaired) electrons. The fourth-order valence-electron chi connectivity index (χ4n) is 4.03. The molecule has 2 saturated heterocycles. The van der Waals surface area contributed by atoms with Gasteiger partial charge in [0.15, 0.2) is 11.6 Å². The largest absolute Gasteiger partial charge is 0.378 e. The number of benzene rings is 1. The number of hydrogen-bond acceptors (Lipinski definition) is 7. The molecule has 0 saturated carbocycles. The molecule has 0 N–H and O–H groups in total. The smallest absolute Gasteiger partial charge is 0.229 e. The van der Waals surface area contributed by atoms with Crippen molar-refractivity contribution in [2.45, 2.75) is 26.0 Å². The minimum absolute atomic E-state index is 0.130. The summed E-state index contributed by atoms with van der Waals surface area (Å²) in [5.41, 5.74) is 1.95. The molecule has 8 nitrogen and oxygen atoms in total. The van der Waals surface area contributed by atoms with Crippen molar-refractivity contribution >= 4 is 38.7 Å². The maximum Gasteiger partial charge on any atom is 0.229 e. The van der Waals surface area contributed by atoms with Gasteiger partial charge >= 0.3 is 0 Å². The lowest BCUT2D eigenvalue weighted by atomic mass is 10.1. The van der Waals surface area contributed by atoms with Crippen molar-refractivity contribution in [3.05, 3.63) is 35.1 Å². The topological polar surface area (TPSA) is 68.5 Å². The molecule has 0 spiro atoms. The molecule has 30 heavy (non-hydrogen) atoms. The molecule has 1 aromatic carbocycles. The van der Waals surface area contributed by atoms with Crippen LogP contribution in [0.3, 0.4) is 0 Å². The van der Waals surface area contributed by atoms with Crippen LogP contribution >= 0.6 is 15.9 Å². The third kappa shape index (κ3) is 3.44. The van der Waals surface area contributed by atoms with E-state index in [0.29, 0.717) is 19.8 Å². The number of para-hydroxylation sites is 2. The summed E-state index contributed by atoms with van der Waals surface area (Å²) in [6.07, 6.45) is 1.96. The SMILES string of the molecule is C[C@@H]1OCCN(c2nc(N3CCOCC3)nc(-n3cnc4ccccc43)c2Br)[C@H]1C. The van der Waals surface area contributed by atoms with Crippen molar-refractivity contribution in [2.24, 2.45) is 0 Å². The van der Waals surface area contributed by atoms with Crippen LogP contribution in [0.25, 0.3) is 16.9 Å². The summed E-state index contributed by atoms with van der Waals surface area (Å²) in [5.74, 6) is 2.40. The number of aromatic nitrogens is 4. The van der Waals surface area contributed by atoms with Crippen LogP contribution in [0.1, 0.15) is 13.8 Å². The molecule has 0 amide bonds. The Kier molecular flexibility index (Phi) is 5.34. The van der Waals surface area contributed by atoms with E-state index in [0.717, 1.165) is 52.7 Å². The molecular formula is C21H25BrN6O2. The van der Waals surface area contributed by atoms with E-state index >= 15 is 0 Å². The Morgan fingerprint density at radius 1 is 1.00 bits per heavy atom. The molecule has 2 aromatic heterocycles. The minimum Gasteiger partial charge on any atom is -0.378 e. The average Bonchev–Trinajstić information content (AvgIpc) is 3.21. The number of nitrogens with zero attached hydrogens (tertiary/aromatic N) is 6. The molecule has 0 bridgehead atoms. The summed E-state index contributed by atoms with van der Waals surface area (Å²) < 4.78 is 14.3. The molecule has 0 unspecified atom stereocenters. The van der Waals surface area contributed by atoms with Gasteiger partial charge in [-0.1, -0.05) is 12.1 Å². The highest BCUT2D eigenvalue weighted by molar-refractivity contribution is 9.10. The first-order chi connectivity index (χ1) is 14.6. The van der Waals surface area contributed by atoms with Gasteiger partial charge in [0.25, 0.3) is 0 Å². The van der Waals surface area contributed by atoms with E-state index in [1.807, 2.05) is 29.1 Å². The van der Waals surface area contributed by atoms with Crippen molar-refractivity contribution in [1.82, 2.24) is 19.5 Å². The van der Waals surface area contributed by atoms with Crippen LogP contribution in [0, 0.1) is 0 Å². The zero-order chi connectivity index (χ0) is 20.7. The third-order valence-electron chi connectivity index (χ3n) is 5.94. The van der Waals surface area contributed by atoms with Crippen LogP contribution in [0.5, 0.6) is 0 Å². The zero-order valence-corrected chi connectivity index (χ0v) is 18.7. The van der Waals surface area contributed by atoms with Gasteiger partial charge in [0.1, 0.15) is 10.8 Å². The molecule has 0 aliphatic carbocycles. The molecule has 2 aliphatic heterocycles. The molecule has 9 heteroatoms. The molecule has 2 atom stereocenters. The normalized spacial score (nSPS) is 22.6. The van der Waals surface area contributed by atoms with E-state index in [-0.39, 0.29) is 12.1 Å². The fourth-order valence-corrected chi connectivity index (χ4v) is 4.62. The monoisotopic (exact) mass is 472 g/mol. The number of hydrogen-bond donors (Lipinski definition) is 0. The predicted molar refractivity (Wildman–Crippen MR) is 120 cm³/mol. The molecule has 2 aliphatic rings. The van der Waals surface area contributed by atoms with Crippen molar-refractivity contribution in [1.29, 1.82) is 0 Å². The van der Waals surface area contributed by atoms with E-state index in [4.69, 9.17) is 19.4 Å². The van der Waals surface area contributed by atoms with Gasteiger partial charge in [0.2, 0.25) is 5.95 Å². The first kappa shape index (κ1) is 19.7. The summed E-state index contributed by atoms with van der Waals surface area (Å²) in [4.78, 5) is 19.0. The van der Waals surface area contributed by atoms with Crippen LogP contribution in [0.15, 0.2) is 35.1 Å². The standard InChI is InChI=1S/C21H25BrN6O2/c1-14-15(2)30-12-9-27(14)19-18(22)20(25-21(24-19)26-7-10-29-11-8-26)28-13-23-16-5-3-4-6-17(16)28/h3-6,13-15H,7-12H2,1-2H3/t14-,15-/m0/s1. The van der Waals surface area contributed by atoms with Gasteiger partial charge < -0.3 is 19.3 Å². The van der Waals surface area contributed by atoms with Crippen LogP contribution in [0.4, 0.5) is 11.8 Å². The maximum atomic E-state index is 5.85. The lowest BCUT2D eigenvalue weighted by Gasteiger charge is -2.39. The van der Waals surface area contributed by atoms with Gasteiger partial charge in [-0.2, -0.15) is 9.97 Å². The van der Waals surface area contributed by atoms with E-state index in [2.05, 4.69) is 50.6 Å². The van der Waals surface area contributed by atoms with Crippen molar-refractivity contribution in [2.75, 3.05) is 49.3 Å². The van der Waals surface area contributed by atoms with Gasteiger partial charge in [-0.15, -0.1) is 0 Å². The summed E-state index contributed by atoms with van der Waals surface area (Å²) in [7, 11) is 0. The Morgan fingerprint density at radius 2 is 1.77 bits per heavy atom. The molecule has 4 heterocycles. The Morgan fingerprint density at radius 3 is 2.60 bits per heavy atom. The highest BCUT2D eigenvalue weighted by Gasteiger charge is 2.31. The van der Waals surface area contributed by atoms with E-state index in [1.54, 1.807) is 0 Å². The number of anilines is 2. The fraction of sp³-hybridized carbons (Fsp3) is 0.476. The van der Waals surface area contributed by atoms with Crippen molar-refractivity contribution < 1.29 is 9.47 Å². The lowest BCUT2D eigenvalue weighted by molar-refractivity contribution is 0.0280. The predicted octanol–water partition coefficient (Wildman–Crippen LogP) is 3.03. The van der Waals surface area contributed by atoms with Crippen LogP contribution in [0.2, 0.25) is 0 Å². The third-order valence-corrected chi connectivity index (χ3v) is 6.65. The second kappa shape index (κ2) is 8.13. The van der Waals surface area contributed by atoms with E-state index in [1.165, 1.54) is 0 Å². The second-order valence-corrected chi connectivity index (χ2v) is 8.49. The van der Waals surface area contributed by atoms with Gasteiger partial charge in [0, 0.05) is 19.6 Å². The molecule has 5 rings (SSSR count). The Balaban J connectivity index is 1.67. The van der Waals surface area contributed by atoms with Gasteiger partial charge in [-0.25, -0.2) is 4.98 Å². The number of morpholine rings is 2. The van der Waals surface area contributed by atoms with E-state index < -0.39 is 0 Å². The quantitative estimate of drug-likeness (QED) is 0.580. The lowest BCUT2D eigenvalue weighted by Crippen LogP contribution is -2.49. The molecule has 3 aromatic rings. The number of imidazole rings is 1. The number of fused-ring (bicyclic) bond motifs is 1. The van der Waals surface area contributed by atoms with Crippen molar-refractivity contribution in [3.8, 4) is 5.82 Å². The summed E-state index contributed by atoms with van der Waals surface area (Å²) >= 11 is 3.83. The van der Waals surface area contributed by atoms with Crippen LogP contribution < -0.4 is 9.80 Å². The highest BCUT2D eigenvalue weighted by Crippen LogP contribution is 2.35. The summed E-state index contributed by atoms with van der Waals surface area (Å²) in [6, 6.07) is 8.29. The van der Waals surface area contributed by atoms with E-state index in [9.17, 15) is 0 Å². The average molecular weight is 473 g/mol. The summed E-state index contributed by atoms with van der Waals surface area (Å²) in [5, 5.41) is 0. The van der Waals surface area contributed by atoms with Crippen molar-refractivity contribution in [3.63, 3.8) is 0 Å². The van der Waals surface area contributed by atoms with Gasteiger partial charge in [-0.05, 0) is 41.9 Å². The minimum atomic E-state index is 0.130. The summed E-state index contributed by atoms with van der Waals surface area (Å²) in [6.45, 7) is 8.68. The van der Waals surface area contributed by atoms with Gasteiger partial charge in [0.05, 0.1) is 43.0 Å². The first-order valence-corrected chi connectivity index (χ1v) is 11.1. The maximum absolute atomic E-state index is 5.85. The number of rotatable bonds is 3. The molecule has 2 fully saturated rings. The number of halogens is 1. The van der Waals surface area contributed by atoms with Crippen LogP contribution in [-0.2, 0) is 9.47 Å². The Bertz CT molecular complexity index is 1050. The number of ether oxygens (including phenoxy) is 2. The van der Waals surface area contributed by atoms with Crippen LogP contribution in [-0.4, -0.2) is 71.1 Å². The second-order valence-electron chi connectivity index (χ2n) is 7.70. The molecule has 158 valence electrons. The highest BCUT2D eigenvalue weighted by atomic mass is 79.9. The zero-order valence-electron chi connectivity index (χ0n) is 17.2. The molecular weight excluding hydrogens is 448 g/mol. The Labute approximate surface area is 184 Å². The Hall–Kier alpha value is -2.23. The van der Waals surface area contributed by atoms with Gasteiger partial charge in [-0.3, -0.25) is 4.57 Å². The first-order valence-electron chi connectivity index (χ1n) is 10.3.